The van der Waals surface area contributed by atoms with Gasteiger partial charge in [-0.1, -0.05) is 12.7 Å². The highest BCUT2D eigenvalue weighted by atomic mass is 15.2. The van der Waals surface area contributed by atoms with Gasteiger partial charge in [0.15, 0.2) is 0 Å². The van der Waals surface area contributed by atoms with Gasteiger partial charge in [0.05, 0.1) is 0 Å². The van der Waals surface area contributed by atoms with Gasteiger partial charge in [-0.25, -0.2) is 4.99 Å². The van der Waals surface area contributed by atoms with E-state index < -0.39 is 0 Å². The van der Waals surface area contributed by atoms with Gasteiger partial charge >= 0.3 is 0 Å². The molecule has 78 valence electrons. The van der Waals surface area contributed by atoms with Gasteiger partial charge in [-0.3, -0.25) is 0 Å². The second-order valence-electron chi connectivity index (χ2n) is 3.55. The number of piperazine rings is 1. The molecule has 3 heteroatoms. The lowest BCUT2D eigenvalue weighted by molar-refractivity contribution is 0.302. The molecule has 1 saturated heterocycles. The highest BCUT2D eigenvalue weighted by molar-refractivity contribution is 5.80. The zero-order chi connectivity index (χ0) is 10.4. The first-order valence-electron chi connectivity index (χ1n) is 5.04. The molecule has 0 saturated carbocycles. The van der Waals surface area contributed by atoms with Crippen LogP contribution >= 0.6 is 0 Å². The third-order valence-electron chi connectivity index (χ3n) is 2.31. The van der Waals surface area contributed by atoms with Crippen molar-refractivity contribution in [1.29, 1.82) is 0 Å². The Kier molecular flexibility index (Phi) is 4.40. The Morgan fingerprint density at radius 1 is 1.64 bits per heavy atom. The molecule has 1 N–H and O–H groups in total. The largest absolute Gasteiger partial charge is 0.357 e. The number of hydrogen-bond donors (Lipinski definition) is 1. The number of nitrogens with one attached hydrogen (secondary N) is 1. The summed E-state index contributed by atoms with van der Waals surface area (Å²) in [6.07, 6.45) is 5.36. The lowest BCUT2D eigenvalue weighted by Crippen LogP contribution is -2.50. The number of aliphatic imine (C=N–C) groups is 1. The Morgan fingerprint density at radius 3 is 3.07 bits per heavy atom. The molecule has 1 atom stereocenters. The highest BCUT2D eigenvalue weighted by Gasteiger charge is 2.15. The van der Waals surface area contributed by atoms with Crippen LogP contribution < -0.4 is 5.32 Å². The van der Waals surface area contributed by atoms with E-state index >= 15 is 0 Å². The first kappa shape index (κ1) is 11.0. The van der Waals surface area contributed by atoms with Crippen LogP contribution in [0.4, 0.5) is 0 Å². The van der Waals surface area contributed by atoms with Crippen LogP contribution in [0.2, 0.25) is 0 Å². The fourth-order valence-electron chi connectivity index (χ4n) is 1.52. The van der Waals surface area contributed by atoms with Crippen LogP contribution in [0.5, 0.6) is 0 Å². The van der Waals surface area contributed by atoms with Gasteiger partial charge in [-0.05, 0) is 19.9 Å². The van der Waals surface area contributed by atoms with Crippen molar-refractivity contribution in [3.8, 4) is 0 Å². The van der Waals surface area contributed by atoms with E-state index in [4.69, 9.17) is 0 Å². The van der Waals surface area contributed by atoms with Gasteiger partial charge in [-0.2, -0.15) is 0 Å². The Bertz CT molecular complexity index is 243. The third-order valence-corrected chi connectivity index (χ3v) is 2.31. The average molecular weight is 193 g/mol. The Labute approximate surface area is 86.2 Å². The van der Waals surface area contributed by atoms with Crippen LogP contribution in [0.1, 0.15) is 13.8 Å². The van der Waals surface area contributed by atoms with Gasteiger partial charge in [-0.15, -0.1) is 0 Å². The van der Waals surface area contributed by atoms with Gasteiger partial charge in [0.2, 0.25) is 0 Å². The molecule has 0 bridgehead atoms. The molecular weight excluding hydrogens is 174 g/mol. The number of allylic oxidation sites excluding steroid dienone is 2. The minimum atomic E-state index is 0.553. The van der Waals surface area contributed by atoms with Crippen molar-refractivity contribution in [2.45, 2.75) is 19.9 Å². The lowest BCUT2D eigenvalue weighted by Gasteiger charge is -2.33. The maximum atomic E-state index is 4.34. The molecule has 0 aromatic heterocycles. The predicted octanol–water partition coefficient (Wildman–Crippen LogP) is 1.40. The van der Waals surface area contributed by atoms with Gasteiger partial charge in [0, 0.05) is 31.9 Å². The van der Waals surface area contributed by atoms with E-state index in [2.05, 4.69) is 28.7 Å². The Hall–Kier alpha value is -1.09. The molecule has 0 amide bonds. The van der Waals surface area contributed by atoms with Crippen molar-refractivity contribution < 1.29 is 0 Å². The summed E-state index contributed by atoms with van der Waals surface area (Å²) in [4.78, 5) is 6.64. The average Bonchev–Trinajstić information content (AvgIpc) is 2.18. The van der Waals surface area contributed by atoms with E-state index in [1.54, 1.807) is 12.3 Å². The van der Waals surface area contributed by atoms with Crippen molar-refractivity contribution in [2.75, 3.05) is 19.6 Å². The van der Waals surface area contributed by atoms with Gasteiger partial charge in [0.1, 0.15) is 5.84 Å². The molecule has 0 spiro atoms. The number of nitrogens with zero attached hydrogens (tertiary/aromatic N) is 2. The zero-order valence-electron chi connectivity index (χ0n) is 9.03. The molecule has 14 heavy (non-hydrogen) atoms. The summed E-state index contributed by atoms with van der Waals surface area (Å²) < 4.78 is 0. The minimum Gasteiger partial charge on any atom is -0.357 e. The van der Waals surface area contributed by atoms with E-state index in [-0.39, 0.29) is 0 Å². The normalized spacial score (nSPS) is 24.3. The standard InChI is InChI=1S/C11H19N3/c1-4-5-6-13-11(3)14-8-7-12-10(2)9-14/h4-6,10,12H,1,7-9H2,2-3H3/b6-5-,13-11?. The van der Waals surface area contributed by atoms with Crippen LogP contribution in [-0.2, 0) is 0 Å². The van der Waals surface area contributed by atoms with Crippen molar-refractivity contribution in [2.24, 2.45) is 4.99 Å². The molecule has 0 aliphatic carbocycles. The number of rotatable bonds is 2. The quantitative estimate of drug-likeness (QED) is 0.408. The fourth-order valence-corrected chi connectivity index (χ4v) is 1.52. The second kappa shape index (κ2) is 5.60. The molecule has 1 aliphatic rings. The van der Waals surface area contributed by atoms with Crippen LogP contribution in [0.3, 0.4) is 0 Å². The molecule has 1 unspecified atom stereocenters. The molecule has 1 rings (SSSR count). The van der Waals surface area contributed by atoms with E-state index in [0.29, 0.717) is 6.04 Å². The maximum Gasteiger partial charge on any atom is 0.101 e. The van der Waals surface area contributed by atoms with Crippen LogP contribution in [0.25, 0.3) is 0 Å². The van der Waals surface area contributed by atoms with Crippen LogP contribution in [0, 0.1) is 0 Å². The summed E-state index contributed by atoms with van der Waals surface area (Å²) in [5.41, 5.74) is 0. The molecule has 3 nitrogen and oxygen atoms in total. The zero-order valence-corrected chi connectivity index (χ0v) is 9.03. The monoisotopic (exact) mass is 193 g/mol. The van der Waals surface area contributed by atoms with E-state index in [1.807, 2.05) is 13.0 Å². The van der Waals surface area contributed by atoms with Gasteiger partial charge < -0.3 is 10.2 Å². The van der Waals surface area contributed by atoms with Gasteiger partial charge in [0.25, 0.3) is 0 Å². The van der Waals surface area contributed by atoms with Crippen molar-refractivity contribution in [3.05, 3.63) is 24.9 Å². The van der Waals surface area contributed by atoms with Crippen molar-refractivity contribution >= 4 is 5.84 Å². The molecule has 0 aromatic carbocycles. The molecule has 1 aliphatic heterocycles. The summed E-state index contributed by atoms with van der Waals surface area (Å²) in [5.74, 6) is 1.08. The summed E-state index contributed by atoms with van der Waals surface area (Å²) in [5, 5.41) is 3.40. The van der Waals surface area contributed by atoms with Crippen LogP contribution in [0.15, 0.2) is 29.9 Å². The third kappa shape index (κ3) is 3.34. The van der Waals surface area contributed by atoms with E-state index in [9.17, 15) is 0 Å². The molecule has 0 radical (unpaired) electrons. The summed E-state index contributed by atoms with van der Waals surface area (Å²) in [6, 6.07) is 0.553. The smallest absolute Gasteiger partial charge is 0.101 e. The maximum absolute atomic E-state index is 4.34. The number of hydrogen-bond acceptors (Lipinski definition) is 2. The first-order chi connectivity index (χ1) is 6.74. The van der Waals surface area contributed by atoms with Crippen LogP contribution in [-0.4, -0.2) is 36.4 Å². The number of amidine groups is 1. The Balaban J connectivity index is 2.50. The van der Waals surface area contributed by atoms with Crippen molar-refractivity contribution in [3.63, 3.8) is 0 Å². The predicted molar refractivity (Wildman–Crippen MR) is 61.5 cm³/mol. The summed E-state index contributed by atoms with van der Waals surface area (Å²) in [7, 11) is 0. The van der Waals surface area contributed by atoms with Crippen molar-refractivity contribution in [1.82, 2.24) is 10.2 Å². The molecule has 0 aromatic rings. The highest BCUT2D eigenvalue weighted by Crippen LogP contribution is 2.00. The fraction of sp³-hybridized carbons (Fsp3) is 0.545. The SMILES string of the molecule is C=C/C=C\N=C(C)N1CCNC(C)C1. The Morgan fingerprint density at radius 2 is 2.43 bits per heavy atom. The molecule has 1 heterocycles. The summed E-state index contributed by atoms with van der Waals surface area (Å²) >= 11 is 0. The molecular formula is C11H19N3. The first-order valence-corrected chi connectivity index (χ1v) is 5.04. The summed E-state index contributed by atoms with van der Waals surface area (Å²) in [6.45, 7) is 11.0. The lowest BCUT2D eigenvalue weighted by atomic mass is 10.2. The minimum absolute atomic E-state index is 0.553. The molecule has 1 fully saturated rings. The second-order valence-corrected chi connectivity index (χ2v) is 3.55. The van der Waals surface area contributed by atoms with E-state index in [1.165, 1.54) is 0 Å². The topological polar surface area (TPSA) is 27.6 Å². The van der Waals surface area contributed by atoms with E-state index in [0.717, 1.165) is 25.5 Å².